The van der Waals surface area contributed by atoms with Crippen molar-refractivity contribution in [2.45, 2.75) is 38.8 Å². The van der Waals surface area contributed by atoms with Gasteiger partial charge in [-0.25, -0.2) is 0 Å². The molecule has 0 bridgehead atoms. The van der Waals surface area contributed by atoms with Crippen molar-refractivity contribution in [2.24, 2.45) is 0 Å². The predicted octanol–water partition coefficient (Wildman–Crippen LogP) is 1.88. The third-order valence-corrected chi connectivity index (χ3v) is 3.30. The first-order chi connectivity index (χ1) is 4.62. The Morgan fingerprint density at radius 3 is 2.60 bits per heavy atom. The van der Waals surface area contributed by atoms with Gasteiger partial charge in [0.1, 0.15) is 0 Å². The molecule has 0 aliphatic carbocycles. The number of hydrogen-bond donors (Lipinski definition) is 0. The molecule has 0 spiro atoms. The van der Waals surface area contributed by atoms with E-state index < -0.39 is 0 Å². The summed E-state index contributed by atoms with van der Waals surface area (Å²) in [5.41, 5.74) is 0.106. The van der Waals surface area contributed by atoms with Crippen molar-refractivity contribution in [3.05, 3.63) is 12.7 Å². The lowest BCUT2D eigenvalue weighted by molar-refractivity contribution is 0.112. The smallest absolute Gasteiger partial charge is 0.165 e. The molecule has 0 heterocycles. The molecule has 0 aromatic rings. The number of allylic oxidation sites excluding steroid dienone is 1. The molecule has 0 aliphatic rings. The highest BCUT2D eigenvalue weighted by molar-refractivity contribution is 6.28. The first kappa shape index (κ1) is 9.92. The average molecular weight is 158 g/mol. The molecule has 0 aromatic heterocycles. The zero-order valence-electron chi connectivity index (χ0n) is 7.31. The van der Waals surface area contributed by atoms with E-state index in [4.69, 9.17) is 4.43 Å². The van der Waals surface area contributed by atoms with E-state index in [1.54, 1.807) is 0 Å². The summed E-state index contributed by atoms with van der Waals surface area (Å²) in [5, 5.41) is 0. The van der Waals surface area contributed by atoms with Crippen molar-refractivity contribution in [1.29, 1.82) is 0 Å². The summed E-state index contributed by atoms with van der Waals surface area (Å²) >= 11 is 0. The van der Waals surface area contributed by atoms with Crippen LogP contribution >= 0.6 is 0 Å². The second-order valence-corrected chi connectivity index (χ2v) is 4.31. The average Bonchev–Trinajstić information content (AvgIpc) is 1.89. The van der Waals surface area contributed by atoms with Gasteiger partial charge < -0.3 is 4.43 Å². The quantitative estimate of drug-likeness (QED) is 0.337. The first-order valence-electron chi connectivity index (χ1n) is 3.87. The maximum absolute atomic E-state index is 5.69. The van der Waals surface area contributed by atoms with Gasteiger partial charge in [0.15, 0.2) is 9.76 Å². The molecule has 0 N–H and O–H groups in total. The molecule has 0 saturated heterocycles. The minimum atomic E-state index is -0.322. The van der Waals surface area contributed by atoms with E-state index in [-0.39, 0.29) is 15.4 Å². The molecule has 0 atom stereocenters. The van der Waals surface area contributed by atoms with Crippen molar-refractivity contribution in [1.82, 2.24) is 0 Å². The van der Waals surface area contributed by atoms with Crippen molar-refractivity contribution in [3.63, 3.8) is 0 Å². The van der Waals surface area contributed by atoms with Crippen LogP contribution in [0.3, 0.4) is 0 Å². The summed E-state index contributed by atoms with van der Waals surface area (Å²) in [7, 11) is -0.322. The predicted molar refractivity (Wildman–Crippen MR) is 49.0 cm³/mol. The Hall–Kier alpha value is -0.0831. The van der Waals surface area contributed by atoms with E-state index in [2.05, 4.69) is 27.4 Å². The second kappa shape index (κ2) is 4.69. The molecule has 0 radical (unpaired) electrons. The molecule has 0 aromatic carbocycles. The molecule has 0 amide bonds. The minimum Gasteiger partial charge on any atom is -0.419 e. The van der Waals surface area contributed by atoms with Crippen LogP contribution in [0.25, 0.3) is 0 Å². The highest BCUT2D eigenvalue weighted by atomic mass is 28.2. The highest BCUT2D eigenvalue weighted by Crippen LogP contribution is 2.12. The Balaban J connectivity index is 3.36. The van der Waals surface area contributed by atoms with Gasteiger partial charge in [0.05, 0.1) is 0 Å². The minimum absolute atomic E-state index is 0.106. The summed E-state index contributed by atoms with van der Waals surface area (Å²) in [6.07, 6.45) is 3.04. The topological polar surface area (TPSA) is 9.23 Å². The zero-order chi connectivity index (χ0) is 8.04. The molecule has 0 aliphatic heterocycles. The molecule has 0 fully saturated rings. The molecule has 10 heavy (non-hydrogen) atoms. The summed E-state index contributed by atoms with van der Waals surface area (Å²) < 4.78 is 5.69. The summed E-state index contributed by atoms with van der Waals surface area (Å²) in [4.78, 5) is 0. The van der Waals surface area contributed by atoms with Crippen molar-refractivity contribution >= 4 is 9.76 Å². The molecular weight excluding hydrogens is 140 g/mol. The fraction of sp³-hybridized carbons (Fsp3) is 0.750. The molecule has 1 nitrogen and oxygen atoms in total. The van der Waals surface area contributed by atoms with E-state index in [0.29, 0.717) is 0 Å². The third-order valence-electron chi connectivity index (χ3n) is 1.67. The molecule has 60 valence electrons. The number of rotatable bonds is 5. The lowest BCUT2D eigenvalue weighted by atomic mass is 10.1. The molecule has 2 heteroatoms. The zero-order valence-corrected chi connectivity index (χ0v) is 8.73. The van der Waals surface area contributed by atoms with Gasteiger partial charge in [-0.3, -0.25) is 0 Å². The van der Waals surface area contributed by atoms with Gasteiger partial charge in [-0.15, -0.1) is 6.58 Å². The molecule has 0 rings (SSSR count). The van der Waals surface area contributed by atoms with Gasteiger partial charge in [0.25, 0.3) is 0 Å². The first-order valence-corrected chi connectivity index (χ1v) is 5.45. The Morgan fingerprint density at radius 1 is 1.60 bits per heavy atom. The van der Waals surface area contributed by atoms with Crippen LogP contribution in [-0.2, 0) is 4.43 Å². The van der Waals surface area contributed by atoms with E-state index in [1.165, 1.54) is 0 Å². The Morgan fingerprint density at radius 2 is 2.20 bits per heavy atom. The highest BCUT2D eigenvalue weighted by Gasteiger charge is 2.13. The standard InChI is InChI=1S/C8H18OSi/c1-5-7-10-9-8(3,4)6-2/h5H,1,6-7,10H2,2-4H3. The second-order valence-electron chi connectivity index (χ2n) is 3.04. The lowest BCUT2D eigenvalue weighted by Crippen LogP contribution is -2.24. The third kappa shape index (κ3) is 4.76. The van der Waals surface area contributed by atoms with E-state index in [0.717, 1.165) is 12.5 Å². The van der Waals surface area contributed by atoms with Gasteiger partial charge in [0.2, 0.25) is 0 Å². The molecule has 0 unspecified atom stereocenters. The van der Waals surface area contributed by atoms with Crippen molar-refractivity contribution in [3.8, 4) is 0 Å². The maximum atomic E-state index is 5.69. The van der Waals surface area contributed by atoms with Gasteiger partial charge in [0, 0.05) is 5.60 Å². The van der Waals surface area contributed by atoms with Crippen molar-refractivity contribution < 1.29 is 4.43 Å². The van der Waals surface area contributed by atoms with E-state index in [9.17, 15) is 0 Å². The Kier molecular flexibility index (Phi) is 4.65. The number of hydrogen-bond acceptors (Lipinski definition) is 1. The Labute approximate surface area is 66.4 Å². The van der Waals surface area contributed by atoms with Crippen LogP contribution in [0.4, 0.5) is 0 Å². The van der Waals surface area contributed by atoms with Crippen LogP contribution in [0, 0.1) is 0 Å². The van der Waals surface area contributed by atoms with Crippen LogP contribution in [-0.4, -0.2) is 15.4 Å². The monoisotopic (exact) mass is 158 g/mol. The van der Waals surface area contributed by atoms with Crippen LogP contribution in [0.1, 0.15) is 27.2 Å². The molecule has 0 saturated carbocycles. The van der Waals surface area contributed by atoms with Gasteiger partial charge >= 0.3 is 0 Å². The van der Waals surface area contributed by atoms with Gasteiger partial charge in [-0.05, 0) is 26.3 Å². The Bertz CT molecular complexity index is 99.4. The van der Waals surface area contributed by atoms with Gasteiger partial charge in [-0.2, -0.15) is 0 Å². The van der Waals surface area contributed by atoms with Crippen molar-refractivity contribution in [2.75, 3.05) is 0 Å². The summed E-state index contributed by atoms with van der Waals surface area (Å²) in [6, 6.07) is 1.09. The van der Waals surface area contributed by atoms with Crippen LogP contribution in [0.15, 0.2) is 12.7 Å². The van der Waals surface area contributed by atoms with Crippen LogP contribution in [0.5, 0.6) is 0 Å². The largest absolute Gasteiger partial charge is 0.419 e. The fourth-order valence-corrected chi connectivity index (χ4v) is 1.56. The summed E-state index contributed by atoms with van der Waals surface area (Å²) in [6.45, 7) is 10.1. The normalized spacial score (nSPS) is 12.7. The molecular formula is C8H18OSi. The maximum Gasteiger partial charge on any atom is 0.165 e. The van der Waals surface area contributed by atoms with E-state index in [1.807, 2.05) is 6.08 Å². The van der Waals surface area contributed by atoms with Crippen LogP contribution < -0.4 is 0 Å². The summed E-state index contributed by atoms with van der Waals surface area (Å²) in [5.74, 6) is 0. The van der Waals surface area contributed by atoms with E-state index >= 15 is 0 Å². The fourth-order valence-electron chi connectivity index (χ4n) is 0.521. The lowest BCUT2D eigenvalue weighted by Gasteiger charge is -2.23. The SMILES string of the molecule is C=CC[SiH2]OC(C)(C)CC. The van der Waals surface area contributed by atoms with Crippen LogP contribution in [0.2, 0.25) is 6.04 Å². The van der Waals surface area contributed by atoms with Gasteiger partial charge in [-0.1, -0.05) is 13.0 Å².